The Bertz CT molecular complexity index is 150. The minimum absolute atomic E-state index is 0.0401. The quantitative estimate of drug-likeness (QED) is 0.504. The van der Waals surface area contributed by atoms with Gasteiger partial charge in [0.25, 0.3) is 0 Å². The van der Waals surface area contributed by atoms with Crippen molar-refractivity contribution >= 4 is 0 Å². The van der Waals surface area contributed by atoms with E-state index in [0.717, 1.165) is 0 Å². The van der Waals surface area contributed by atoms with Crippen molar-refractivity contribution in [1.82, 2.24) is 5.32 Å². The van der Waals surface area contributed by atoms with Crippen molar-refractivity contribution in [2.75, 3.05) is 33.5 Å². The number of rotatable bonds is 6. The number of hydrogen-bond acceptors (Lipinski definition) is 5. The standard InChI is InChI=1S/C9H19NO4/c1-13-4-7(2-3-11)10-8-5-14-6-9(8)12/h7-12H,2-6H2,1H3. The molecule has 1 aliphatic heterocycles. The maximum atomic E-state index is 9.48. The third-order valence-electron chi connectivity index (χ3n) is 2.35. The molecular formula is C9H19NO4. The monoisotopic (exact) mass is 205 g/mol. The Morgan fingerprint density at radius 1 is 1.57 bits per heavy atom. The Morgan fingerprint density at radius 2 is 2.36 bits per heavy atom. The molecule has 1 rings (SSSR count). The Morgan fingerprint density at radius 3 is 2.86 bits per heavy atom. The SMILES string of the molecule is COCC(CCO)NC1COCC1O. The van der Waals surface area contributed by atoms with Crippen molar-refractivity contribution in [3.8, 4) is 0 Å². The summed E-state index contributed by atoms with van der Waals surface area (Å²) >= 11 is 0. The molecule has 1 heterocycles. The van der Waals surface area contributed by atoms with E-state index >= 15 is 0 Å². The molecular weight excluding hydrogens is 186 g/mol. The number of methoxy groups -OCH3 is 1. The molecule has 1 saturated heterocycles. The van der Waals surface area contributed by atoms with Gasteiger partial charge in [-0.1, -0.05) is 0 Å². The molecule has 0 bridgehead atoms. The van der Waals surface area contributed by atoms with E-state index in [4.69, 9.17) is 14.6 Å². The lowest BCUT2D eigenvalue weighted by molar-refractivity contribution is 0.109. The molecule has 3 N–H and O–H groups in total. The lowest BCUT2D eigenvalue weighted by Crippen LogP contribution is -2.47. The molecule has 84 valence electrons. The molecule has 0 aromatic carbocycles. The molecule has 0 spiro atoms. The molecule has 0 aromatic rings. The molecule has 1 fully saturated rings. The molecule has 0 aliphatic carbocycles. The zero-order chi connectivity index (χ0) is 10.4. The van der Waals surface area contributed by atoms with Crippen LogP contribution < -0.4 is 5.32 Å². The van der Waals surface area contributed by atoms with Crippen LogP contribution in [0.5, 0.6) is 0 Å². The van der Waals surface area contributed by atoms with Gasteiger partial charge < -0.3 is 25.0 Å². The highest BCUT2D eigenvalue weighted by Crippen LogP contribution is 2.07. The fourth-order valence-electron chi connectivity index (χ4n) is 1.58. The van der Waals surface area contributed by atoms with Crippen LogP contribution in [-0.4, -0.2) is 61.9 Å². The summed E-state index contributed by atoms with van der Waals surface area (Å²) in [7, 11) is 1.62. The third-order valence-corrected chi connectivity index (χ3v) is 2.35. The van der Waals surface area contributed by atoms with E-state index in [2.05, 4.69) is 5.32 Å². The van der Waals surface area contributed by atoms with Crippen molar-refractivity contribution in [3.05, 3.63) is 0 Å². The van der Waals surface area contributed by atoms with Gasteiger partial charge in [-0.15, -0.1) is 0 Å². The normalized spacial score (nSPS) is 29.4. The van der Waals surface area contributed by atoms with Crippen LogP contribution in [0, 0.1) is 0 Å². The van der Waals surface area contributed by atoms with Crippen LogP contribution in [-0.2, 0) is 9.47 Å². The van der Waals surface area contributed by atoms with Crippen LogP contribution >= 0.6 is 0 Å². The first-order chi connectivity index (χ1) is 6.77. The molecule has 1 aliphatic rings. The van der Waals surface area contributed by atoms with E-state index in [0.29, 0.717) is 26.2 Å². The topological polar surface area (TPSA) is 71.0 Å². The third kappa shape index (κ3) is 3.51. The predicted molar refractivity (Wildman–Crippen MR) is 51.1 cm³/mol. The lowest BCUT2D eigenvalue weighted by Gasteiger charge is -2.22. The summed E-state index contributed by atoms with van der Waals surface area (Å²) in [5.41, 5.74) is 0. The number of ether oxygens (including phenoxy) is 2. The minimum atomic E-state index is -0.451. The highest BCUT2D eigenvalue weighted by Gasteiger charge is 2.27. The molecule has 0 aromatic heterocycles. The summed E-state index contributed by atoms with van der Waals surface area (Å²) in [6, 6.07) is 0.0352. The zero-order valence-electron chi connectivity index (χ0n) is 8.48. The minimum Gasteiger partial charge on any atom is -0.396 e. The maximum absolute atomic E-state index is 9.48. The Balaban J connectivity index is 2.29. The number of aliphatic hydroxyl groups is 2. The smallest absolute Gasteiger partial charge is 0.0948 e. The van der Waals surface area contributed by atoms with Crippen molar-refractivity contribution in [2.45, 2.75) is 24.6 Å². The second-order valence-corrected chi connectivity index (χ2v) is 3.54. The summed E-state index contributed by atoms with van der Waals surface area (Å²) in [6.45, 7) is 1.55. The van der Waals surface area contributed by atoms with Gasteiger partial charge in [0.15, 0.2) is 0 Å². The number of aliphatic hydroxyl groups excluding tert-OH is 2. The Labute approximate surface area is 84.0 Å². The van der Waals surface area contributed by atoms with E-state index < -0.39 is 6.10 Å². The van der Waals surface area contributed by atoms with Crippen LogP contribution in [0.25, 0.3) is 0 Å². The summed E-state index contributed by atoms with van der Waals surface area (Å²) < 4.78 is 10.1. The number of hydrogen-bond donors (Lipinski definition) is 3. The van der Waals surface area contributed by atoms with Gasteiger partial charge in [-0.25, -0.2) is 0 Å². The average molecular weight is 205 g/mol. The van der Waals surface area contributed by atoms with Gasteiger partial charge in [0.2, 0.25) is 0 Å². The van der Waals surface area contributed by atoms with Gasteiger partial charge in [-0.05, 0) is 6.42 Å². The summed E-state index contributed by atoms with van der Waals surface area (Å²) in [5, 5.41) is 21.5. The van der Waals surface area contributed by atoms with Crippen LogP contribution in [0.1, 0.15) is 6.42 Å². The van der Waals surface area contributed by atoms with Crippen LogP contribution in [0.2, 0.25) is 0 Å². The Hall–Kier alpha value is -0.200. The predicted octanol–water partition coefficient (Wildman–Crippen LogP) is -1.27. The molecule has 0 amide bonds. The first-order valence-corrected chi connectivity index (χ1v) is 4.89. The van der Waals surface area contributed by atoms with E-state index in [9.17, 15) is 5.11 Å². The summed E-state index contributed by atoms with van der Waals surface area (Å²) in [6.07, 6.45) is 0.171. The molecule has 0 radical (unpaired) electrons. The molecule has 14 heavy (non-hydrogen) atoms. The van der Waals surface area contributed by atoms with Crippen LogP contribution in [0.4, 0.5) is 0 Å². The van der Waals surface area contributed by atoms with Crippen molar-refractivity contribution < 1.29 is 19.7 Å². The second-order valence-electron chi connectivity index (χ2n) is 3.54. The highest BCUT2D eigenvalue weighted by molar-refractivity contribution is 4.83. The van der Waals surface area contributed by atoms with Gasteiger partial charge >= 0.3 is 0 Å². The largest absolute Gasteiger partial charge is 0.396 e. The van der Waals surface area contributed by atoms with Crippen molar-refractivity contribution in [2.24, 2.45) is 0 Å². The molecule has 0 saturated carbocycles. The van der Waals surface area contributed by atoms with E-state index in [-0.39, 0.29) is 18.7 Å². The van der Waals surface area contributed by atoms with Crippen molar-refractivity contribution in [3.63, 3.8) is 0 Å². The first kappa shape index (κ1) is 11.9. The summed E-state index contributed by atoms with van der Waals surface area (Å²) in [4.78, 5) is 0. The fourth-order valence-corrected chi connectivity index (χ4v) is 1.58. The maximum Gasteiger partial charge on any atom is 0.0948 e. The fraction of sp³-hybridized carbons (Fsp3) is 1.00. The van der Waals surface area contributed by atoms with Crippen LogP contribution in [0.3, 0.4) is 0 Å². The molecule has 3 unspecified atom stereocenters. The molecule has 5 heteroatoms. The molecule has 5 nitrogen and oxygen atoms in total. The average Bonchev–Trinajstić information content (AvgIpc) is 2.53. The van der Waals surface area contributed by atoms with E-state index in [1.165, 1.54) is 0 Å². The van der Waals surface area contributed by atoms with E-state index in [1.807, 2.05) is 0 Å². The number of nitrogens with one attached hydrogen (secondary N) is 1. The molecule has 3 atom stereocenters. The first-order valence-electron chi connectivity index (χ1n) is 4.89. The highest BCUT2D eigenvalue weighted by atomic mass is 16.5. The van der Waals surface area contributed by atoms with Gasteiger partial charge in [0.1, 0.15) is 0 Å². The zero-order valence-corrected chi connectivity index (χ0v) is 8.48. The van der Waals surface area contributed by atoms with Crippen molar-refractivity contribution in [1.29, 1.82) is 0 Å². The Kier molecular flexibility index (Phi) is 5.36. The second kappa shape index (κ2) is 6.31. The van der Waals surface area contributed by atoms with Crippen LogP contribution in [0.15, 0.2) is 0 Å². The lowest BCUT2D eigenvalue weighted by atomic mass is 10.1. The van der Waals surface area contributed by atoms with Gasteiger partial charge in [-0.2, -0.15) is 0 Å². The summed E-state index contributed by atoms with van der Waals surface area (Å²) in [5.74, 6) is 0. The van der Waals surface area contributed by atoms with Gasteiger partial charge in [0.05, 0.1) is 32.0 Å². The van der Waals surface area contributed by atoms with Gasteiger partial charge in [-0.3, -0.25) is 0 Å². The van der Waals surface area contributed by atoms with Gasteiger partial charge in [0, 0.05) is 19.8 Å². The van der Waals surface area contributed by atoms with E-state index in [1.54, 1.807) is 7.11 Å².